The average Bonchev–Trinajstić information content (AvgIpc) is 2.54. The Morgan fingerprint density at radius 3 is 2.86 bits per heavy atom. The van der Waals surface area contributed by atoms with Gasteiger partial charge in [-0.3, -0.25) is 9.59 Å². The molecule has 1 aromatic carbocycles. The Kier molecular flexibility index (Phi) is 4.00. The van der Waals surface area contributed by atoms with Crippen molar-refractivity contribution in [3.05, 3.63) is 40.3 Å². The van der Waals surface area contributed by atoms with E-state index in [1.165, 1.54) is 6.42 Å². The van der Waals surface area contributed by atoms with Crippen molar-refractivity contribution in [2.24, 2.45) is 11.0 Å². The SMILES string of the molecule is C[C@H]1CCCC/C1=N/NC(=O)c1n[nH]c(=O)c2ccccc12. The van der Waals surface area contributed by atoms with E-state index in [2.05, 4.69) is 27.6 Å². The molecular weight excluding hydrogens is 280 g/mol. The number of rotatable bonds is 2. The van der Waals surface area contributed by atoms with E-state index >= 15 is 0 Å². The molecule has 1 saturated carbocycles. The molecule has 1 aliphatic rings. The second kappa shape index (κ2) is 6.09. The number of hydrazone groups is 1. The summed E-state index contributed by atoms with van der Waals surface area (Å²) in [5.41, 5.74) is 3.47. The molecule has 1 fully saturated rings. The van der Waals surface area contributed by atoms with Gasteiger partial charge < -0.3 is 0 Å². The van der Waals surface area contributed by atoms with Gasteiger partial charge in [0.2, 0.25) is 0 Å². The Hall–Kier alpha value is -2.50. The number of aromatic amines is 1. The highest BCUT2D eigenvalue weighted by molar-refractivity contribution is 6.05. The summed E-state index contributed by atoms with van der Waals surface area (Å²) in [7, 11) is 0. The molecule has 6 nitrogen and oxygen atoms in total. The number of carbonyl (C=O) groups is 1. The summed E-state index contributed by atoms with van der Waals surface area (Å²) in [6, 6.07) is 6.91. The topological polar surface area (TPSA) is 87.2 Å². The Bertz CT molecular complexity index is 794. The number of hydrogen-bond donors (Lipinski definition) is 2. The third-order valence-corrected chi connectivity index (χ3v) is 4.10. The van der Waals surface area contributed by atoms with Crippen molar-refractivity contribution in [1.29, 1.82) is 0 Å². The number of amides is 1. The Balaban J connectivity index is 1.88. The highest BCUT2D eigenvalue weighted by atomic mass is 16.2. The summed E-state index contributed by atoms with van der Waals surface area (Å²) < 4.78 is 0. The third-order valence-electron chi connectivity index (χ3n) is 4.10. The van der Waals surface area contributed by atoms with Crippen molar-refractivity contribution in [3.8, 4) is 0 Å². The molecule has 1 heterocycles. The molecule has 1 amide bonds. The first-order valence-electron chi connectivity index (χ1n) is 7.51. The standard InChI is InChI=1S/C16H18N4O2/c1-10-6-2-5-9-13(10)17-20-16(22)14-11-7-3-4-8-12(11)15(21)19-18-14/h3-4,7-8,10H,2,5-6,9H2,1H3,(H,19,21)(H,20,22)/b17-13-/t10-/m0/s1. The van der Waals surface area contributed by atoms with E-state index in [1.54, 1.807) is 24.3 Å². The fourth-order valence-corrected chi connectivity index (χ4v) is 2.80. The predicted octanol–water partition coefficient (Wildman–Crippen LogP) is 2.22. The van der Waals surface area contributed by atoms with Crippen molar-refractivity contribution in [3.63, 3.8) is 0 Å². The number of nitrogens with zero attached hydrogens (tertiary/aromatic N) is 2. The van der Waals surface area contributed by atoms with Crippen molar-refractivity contribution in [2.75, 3.05) is 0 Å². The Labute approximate surface area is 127 Å². The molecule has 2 N–H and O–H groups in total. The summed E-state index contributed by atoms with van der Waals surface area (Å²) in [4.78, 5) is 24.0. The van der Waals surface area contributed by atoms with Gasteiger partial charge in [-0.15, -0.1) is 0 Å². The summed E-state index contributed by atoms with van der Waals surface area (Å²) in [6.07, 6.45) is 4.34. The zero-order chi connectivity index (χ0) is 15.5. The first-order chi connectivity index (χ1) is 10.7. The lowest BCUT2D eigenvalue weighted by atomic mass is 9.89. The number of H-pyrrole nitrogens is 1. The number of carbonyl (C=O) groups excluding carboxylic acids is 1. The van der Waals surface area contributed by atoms with Gasteiger partial charge in [-0.25, -0.2) is 10.5 Å². The molecule has 0 bridgehead atoms. The summed E-state index contributed by atoms with van der Waals surface area (Å²) in [5, 5.41) is 11.5. The van der Waals surface area contributed by atoms with E-state index in [4.69, 9.17) is 0 Å². The van der Waals surface area contributed by atoms with Gasteiger partial charge in [-0.2, -0.15) is 10.2 Å². The Morgan fingerprint density at radius 1 is 1.32 bits per heavy atom. The predicted molar refractivity (Wildman–Crippen MR) is 84.9 cm³/mol. The minimum Gasteiger partial charge on any atom is -0.267 e. The number of nitrogens with one attached hydrogen (secondary N) is 2. The highest BCUT2D eigenvalue weighted by Crippen LogP contribution is 2.20. The van der Waals surface area contributed by atoms with Crippen molar-refractivity contribution in [2.45, 2.75) is 32.6 Å². The largest absolute Gasteiger partial charge is 0.292 e. The highest BCUT2D eigenvalue weighted by Gasteiger charge is 2.17. The maximum absolute atomic E-state index is 12.3. The van der Waals surface area contributed by atoms with E-state index in [1.807, 2.05) is 0 Å². The number of aromatic nitrogens is 2. The van der Waals surface area contributed by atoms with E-state index in [-0.39, 0.29) is 11.3 Å². The van der Waals surface area contributed by atoms with Crippen LogP contribution in [0.15, 0.2) is 34.2 Å². The number of benzene rings is 1. The molecule has 2 aromatic rings. The van der Waals surface area contributed by atoms with Gasteiger partial charge >= 0.3 is 0 Å². The molecule has 6 heteroatoms. The smallest absolute Gasteiger partial charge is 0.267 e. The zero-order valence-electron chi connectivity index (χ0n) is 12.4. The van der Waals surface area contributed by atoms with Gasteiger partial charge in [0.05, 0.1) is 5.39 Å². The fourth-order valence-electron chi connectivity index (χ4n) is 2.80. The minimum atomic E-state index is -0.405. The molecule has 22 heavy (non-hydrogen) atoms. The van der Waals surface area contributed by atoms with Gasteiger partial charge in [0, 0.05) is 11.1 Å². The molecule has 3 rings (SSSR count). The molecule has 0 saturated heterocycles. The van der Waals surface area contributed by atoms with Gasteiger partial charge in [0.1, 0.15) is 0 Å². The average molecular weight is 298 g/mol. The van der Waals surface area contributed by atoms with E-state index in [9.17, 15) is 9.59 Å². The van der Waals surface area contributed by atoms with Crippen molar-refractivity contribution < 1.29 is 4.79 Å². The maximum Gasteiger partial charge on any atom is 0.292 e. The molecule has 0 aliphatic heterocycles. The quantitative estimate of drug-likeness (QED) is 0.833. The van der Waals surface area contributed by atoms with Crippen LogP contribution in [0.5, 0.6) is 0 Å². The second-order valence-corrected chi connectivity index (χ2v) is 5.64. The summed E-state index contributed by atoms with van der Waals surface area (Å²) in [5.74, 6) is -0.00735. The van der Waals surface area contributed by atoms with Crippen LogP contribution in [0, 0.1) is 5.92 Å². The normalized spacial score (nSPS) is 20.2. The van der Waals surface area contributed by atoms with Crippen molar-refractivity contribution >= 4 is 22.4 Å². The molecule has 0 radical (unpaired) electrons. The van der Waals surface area contributed by atoms with Crippen LogP contribution >= 0.6 is 0 Å². The van der Waals surface area contributed by atoms with Crippen LogP contribution in [0.2, 0.25) is 0 Å². The summed E-state index contributed by atoms with van der Waals surface area (Å²) in [6.45, 7) is 2.12. The first kappa shape index (κ1) is 14.4. The van der Waals surface area contributed by atoms with Crippen LogP contribution in [0.4, 0.5) is 0 Å². The van der Waals surface area contributed by atoms with Gasteiger partial charge in [0.15, 0.2) is 5.69 Å². The minimum absolute atomic E-state index is 0.183. The number of fused-ring (bicyclic) bond motifs is 1. The fraction of sp³-hybridized carbons (Fsp3) is 0.375. The number of hydrogen-bond acceptors (Lipinski definition) is 4. The molecule has 1 atom stereocenters. The Morgan fingerprint density at radius 2 is 2.09 bits per heavy atom. The van der Waals surface area contributed by atoms with Crippen LogP contribution < -0.4 is 11.0 Å². The molecule has 1 aromatic heterocycles. The van der Waals surface area contributed by atoms with Crippen LogP contribution in [0.1, 0.15) is 43.1 Å². The van der Waals surface area contributed by atoms with Gasteiger partial charge in [-0.05, 0) is 31.2 Å². The van der Waals surface area contributed by atoms with Crippen LogP contribution in [0.25, 0.3) is 10.8 Å². The maximum atomic E-state index is 12.3. The monoisotopic (exact) mass is 298 g/mol. The zero-order valence-corrected chi connectivity index (χ0v) is 12.4. The van der Waals surface area contributed by atoms with Crippen LogP contribution in [0.3, 0.4) is 0 Å². The lowest BCUT2D eigenvalue weighted by molar-refractivity contribution is 0.0950. The van der Waals surface area contributed by atoms with Crippen molar-refractivity contribution in [1.82, 2.24) is 15.6 Å². The molecular formula is C16H18N4O2. The molecule has 1 aliphatic carbocycles. The van der Waals surface area contributed by atoms with E-state index in [0.29, 0.717) is 16.7 Å². The molecule has 0 spiro atoms. The molecule has 0 unspecified atom stereocenters. The third kappa shape index (κ3) is 2.77. The summed E-state index contributed by atoms with van der Waals surface area (Å²) >= 11 is 0. The first-order valence-corrected chi connectivity index (χ1v) is 7.51. The van der Waals surface area contributed by atoms with Crippen LogP contribution in [-0.2, 0) is 0 Å². The van der Waals surface area contributed by atoms with Crippen LogP contribution in [-0.4, -0.2) is 21.8 Å². The van der Waals surface area contributed by atoms with E-state index in [0.717, 1.165) is 25.0 Å². The van der Waals surface area contributed by atoms with Gasteiger partial charge in [0.25, 0.3) is 11.5 Å². The van der Waals surface area contributed by atoms with E-state index < -0.39 is 5.91 Å². The second-order valence-electron chi connectivity index (χ2n) is 5.64. The van der Waals surface area contributed by atoms with Gasteiger partial charge in [-0.1, -0.05) is 31.5 Å². The lowest BCUT2D eigenvalue weighted by Crippen LogP contribution is -2.26. The lowest BCUT2D eigenvalue weighted by Gasteiger charge is -2.19. The molecule has 114 valence electrons.